The Morgan fingerprint density at radius 3 is 2.47 bits per heavy atom. The van der Waals surface area contributed by atoms with Crippen LogP contribution in [0, 0.1) is 13.8 Å². The van der Waals surface area contributed by atoms with Crippen LogP contribution in [0.3, 0.4) is 0 Å². The fourth-order valence-electron chi connectivity index (χ4n) is 1.61. The molecule has 19 heavy (non-hydrogen) atoms. The highest BCUT2D eigenvalue weighted by atomic mass is 32.1. The number of thiazole rings is 1. The lowest BCUT2D eigenvalue weighted by Crippen LogP contribution is -2.34. The Morgan fingerprint density at radius 2 is 1.84 bits per heavy atom. The zero-order valence-electron chi connectivity index (χ0n) is 11.1. The molecule has 0 bridgehead atoms. The Morgan fingerprint density at radius 1 is 1.16 bits per heavy atom. The summed E-state index contributed by atoms with van der Waals surface area (Å²) < 4.78 is 0. The second-order valence-electron chi connectivity index (χ2n) is 4.27. The first-order valence-electron chi connectivity index (χ1n) is 6.13. The molecule has 1 aromatic carbocycles. The topological polar surface area (TPSA) is 54.0 Å². The van der Waals surface area contributed by atoms with E-state index in [0.29, 0.717) is 13.1 Å². The Kier molecular flexibility index (Phi) is 4.52. The summed E-state index contributed by atoms with van der Waals surface area (Å²) in [6, 6.07) is 9.65. The predicted octanol–water partition coefficient (Wildman–Crippen LogP) is 2.76. The molecule has 5 heteroatoms. The van der Waals surface area contributed by atoms with E-state index in [2.05, 4.69) is 15.6 Å². The Bertz CT molecular complexity index is 532. The molecule has 100 valence electrons. The summed E-state index contributed by atoms with van der Waals surface area (Å²) in [4.78, 5) is 17.2. The highest BCUT2D eigenvalue weighted by molar-refractivity contribution is 7.11. The molecule has 0 unspecified atom stereocenters. The molecule has 0 aliphatic rings. The molecule has 0 saturated carbocycles. The molecular weight excluding hydrogens is 258 g/mol. The van der Waals surface area contributed by atoms with E-state index in [9.17, 15) is 4.79 Å². The number of carbonyl (C=O) groups is 1. The van der Waals surface area contributed by atoms with Crippen LogP contribution < -0.4 is 10.6 Å². The van der Waals surface area contributed by atoms with Crippen molar-refractivity contribution in [1.82, 2.24) is 15.6 Å². The molecule has 0 saturated heterocycles. The van der Waals surface area contributed by atoms with Crippen molar-refractivity contribution >= 4 is 17.4 Å². The van der Waals surface area contributed by atoms with Gasteiger partial charge in [0.2, 0.25) is 0 Å². The molecule has 0 spiro atoms. The van der Waals surface area contributed by atoms with E-state index in [4.69, 9.17) is 0 Å². The number of urea groups is 1. The number of aryl methyl sites for hydroxylation is 2. The fourth-order valence-corrected chi connectivity index (χ4v) is 2.49. The maximum absolute atomic E-state index is 11.6. The minimum atomic E-state index is -0.172. The van der Waals surface area contributed by atoms with Gasteiger partial charge in [0, 0.05) is 11.4 Å². The van der Waals surface area contributed by atoms with E-state index in [1.165, 1.54) is 4.88 Å². The van der Waals surface area contributed by atoms with Gasteiger partial charge >= 0.3 is 6.03 Å². The molecule has 1 aromatic heterocycles. The summed E-state index contributed by atoms with van der Waals surface area (Å²) in [6.45, 7) is 5.01. The third kappa shape index (κ3) is 4.06. The number of carbonyl (C=O) groups excluding carboxylic acids is 1. The van der Waals surface area contributed by atoms with Crippen molar-refractivity contribution in [1.29, 1.82) is 0 Å². The number of rotatable bonds is 4. The van der Waals surface area contributed by atoms with Crippen molar-refractivity contribution in [2.75, 3.05) is 0 Å². The van der Waals surface area contributed by atoms with Gasteiger partial charge in [-0.05, 0) is 19.4 Å². The molecule has 0 aliphatic carbocycles. The number of nitrogens with one attached hydrogen (secondary N) is 2. The second kappa shape index (κ2) is 6.33. The quantitative estimate of drug-likeness (QED) is 0.901. The van der Waals surface area contributed by atoms with E-state index in [1.807, 2.05) is 44.2 Å². The highest BCUT2D eigenvalue weighted by Gasteiger charge is 2.05. The summed E-state index contributed by atoms with van der Waals surface area (Å²) in [7, 11) is 0. The van der Waals surface area contributed by atoms with Crippen molar-refractivity contribution in [2.45, 2.75) is 26.9 Å². The van der Waals surface area contributed by atoms with Gasteiger partial charge < -0.3 is 10.6 Å². The Hall–Kier alpha value is -1.88. The maximum atomic E-state index is 11.6. The van der Waals surface area contributed by atoms with Crippen LogP contribution >= 0.6 is 11.3 Å². The van der Waals surface area contributed by atoms with Gasteiger partial charge in [0.15, 0.2) is 0 Å². The zero-order chi connectivity index (χ0) is 13.7. The molecule has 0 fully saturated rings. The van der Waals surface area contributed by atoms with Crippen LogP contribution in [0.4, 0.5) is 4.79 Å². The van der Waals surface area contributed by atoms with Crippen molar-refractivity contribution in [3.63, 3.8) is 0 Å². The smallest absolute Gasteiger partial charge is 0.315 e. The van der Waals surface area contributed by atoms with Crippen LogP contribution in [0.15, 0.2) is 30.3 Å². The molecular formula is C14H17N3OS. The molecule has 2 rings (SSSR count). The van der Waals surface area contributed by atoms with Crippen LogP contribution in [0.25, 0.3) is 0 Å². The van der Waals surface area contributed by atoms with Gasteiger partial charge in [0.1, 0.15) is 5.01 Å². The molecule has 2 N–H and O–H groups in total. The van der Waals surface area contributed by atoms with Gasteiger partial charge in [-0.2, -0.15) is 0 Å². The minimum Gasteiger partial charge on any atom is -0.334 e. The summed E-state index contributed by atoms with van der Waals surface area (Å²) in [6.07, 6.45) is 0. The lowest BCUT2D eigenvalue weighted by molar-refractivity contribution is 0.240. The van der Waals surface area contributed by atoms with Crippen LogP contribution in [-0.2, 0) is 13.1 Å². The number of hydrogen-bond donors (Lipinski definition) is 2. The lowest BCUT2D eigenvalue weighted by atomic mass is 10.2. The van der Waals surface area contributed by atoms with Crippen molar-refractivity contribution in [3.05, 3.63) is 51.5 Å². The van der Waals surface area contributed by atoms with Gasteiger partial charge in [0.25, 0.3) is 0 Å². The van der Waals surface area contributed by atoms with E-state index in [1.54, 1.807) is 11.3 Å². The van der Waals surface area contributed by atoms with Gasteiger partial charge in [-0.1, -0.05) is 30.3 Å². The molecule has 0 atom stereocenters. The fraction of sp³-hybridized carbons (Fsp3) is 0.286. The van der Waals surface area contributed by atoms with Gasteiger partial charge in [-0.15, -0.1) is 11.3 Å². The number of aromatic nitrogens is 1. The van der Waals surface area contributed by atoms with E-state index >= 15 is 0 Å². The molecule has 4 nitrogen and oxygen atoms in total. The number of amides is 2. The van der Waals surface area contributed by atoms with E-state index < -0.39 is 0 Å². The van der Waals surface area contributed by atoms with Gasteiger partial charge in [0.05, 0.1) is 12.2 Å². The number of nitrogens with zero attached hydrogens (tertiary/aromatic N) is 1. The predicted molar refractivity (Wildman–Crippen MR) is 77.1 cm³/mol. The zero-order valence-corrected chi connectivity index (χ0v) is 11.9. The second-order valence-corrected chi connectivity index (χ2v) is 5.56. The Balaban J connectivity index is 1.76. The normalized spacial score (nSPS) is 10.2. The van der Waals surface area contributed by atoms with Crippen LogP contribution in [0.1, 0.15) is 21.1 Å². The Labute approximate surface area is 116 Å². The van der Waals surface area contributed by atoms with Crippen molar-refractivity contribution < 1.29 is 4.79 Å². The molecule has 2 amide bonds. The number of hydrogen-bond acceptors (Lipinski definition) is 3. The van der Waals surface area contributed by atoms with Crippen molar-refractivity contribution in [2.24, 2.45) is 0 Å². The summed E-state index contributed by atoms with van der Waals surface area (Å²) >= 11 is 1.62. The third-order valence-electron chi connectivity index (χ3n) is 2.77. The van der Waals surface area contributed by atoms with Gasteiger partial charge in [-0.3, -0.25) is 0 Å². The standard InChI is InChI=1S/C14H17N3OS/c1-10-11(2)19-13(17-10)9-16-14(18)15-8-12-6-4-3-5-7-12/h3-7H,8-9H2,1-2H3,(H2,15,16,18). The molecule has 2 aromatic rings. The van der Waals surface area contributed by atoms with Crippen LogP contribution in [0.5, 0.6) is 0 Å². The maximum Gasteiger partial charge on any atom is 0.315 e. The molecule has 1 heterocycles. The first-order chi connectivity index (χ1) is 9.15. The lowest BCUT2D eigenvalue weighted by Gasteiger charge is -2.06. The van der Waals surface area contributed by atoms with E-state index in [-0.39, 0.29) is 6.03 Å². The van der Waals surface area contributed by atoms with Crippen molar-refractivity contribution in [3.8, 4) is 0 Å². The summed E-state index contributed by atoms with van der Waals surface area (Å²) in [5, 5.41) is 6.56. The van der Waals surface area contributed by atoms with Crippen LogP contribution in [0.2, 0.25) is 0 Å². The third-order valence-corrected chi connectivity index (χ3v) is 3.84. The van der Waals surface area contributed by atoms with Gasteiger partial charge in [-0.25, -0.2) is 9.78 Å². The largest absolute Gasteiger partial charge is 0.334 e. The average molecular weight is 275 g/mol. The SMILES string of the molecule is Cc1nc(CNC(=O)NCc2ccccc2)sc1C. The molecule has 0 radical (unpaired) electrons. The van der Waals surface area contributed by atoms with Crippen LogP contribution in [-0.4, -0.2) is 11.0 Å². The highest BCUT2D eigenvalue weighted by Crippen LogP contribution is 2.15. The summed E-state index contributed by atoms with van der Waals surface area (Å²) in [5.74, 6) is 0. The molecule has 0 aliphatic heterocycles. The first kappa shape index (κ1) is 13.5. The average Bonchev–Trinajstić information content (AvgIpc) is 2.74. The monoisotopic (exact) mass is 275 g/mol. The minimum absolute atomic E-state index is 0.172. The summed E-state index contributed by atoms with van der Waals surface area (Å²) in [5.41, 5.74) is 2.12. The first-order valence-corrected chi connectivity index (χ1v) is 6.95. The van der Waals surface area contributed by atoms with E-state index in [0.717, 1.165) is 16.3 Å². The number of benzene rings is 1.